The monoisotopic (exact) mass is 366 g/mol. The zero-order valence-electron chi connectivity index (χ0n) is 15.3. The van der Waals surface area contributed by atoms with Crippen molar-refractivity contribution in [2.75, 3.05) is 21.3 Å². The van der Waals surface area contributed by atoms with Gasteiger partial charge in [0.05, 0.1) is 41.0 Å². The van der Waals surface area contributed by atoms with E-state index in [4.69, 9.17) is 14.2 Å². The Morgan fingerprint density at radius 2 is 1.64 bits per heavy atom. The molecule has 25 heavy (non-hydrogen) atoms. The molecule has 1 heterocycles. The highest BCUT2D eigenvalue weighted by atomic mass is 35.5. The quantitative estimate of drug-likeness (QED) is 0.619. The predicted octanol–water partition coefficient (Wildman–Crippen LogP) is -1.28. The molecule has 0 unspecified atom stereocenters. The molecule has 2 aromatic rings. The lowest BCUT2D eigenvalue weighted by Crippen LogP contribution is -3.00. The molecule has 0 aliphatic heterocycles. The average molecular weight is 367 g/mol. The largest absolute Gasteiger partial charge is 1.00 e. The first-order valence-electron chi connectivity index (χ1n) is 7.48. The molecule has 0 aliphatic carbocycles. The fourth-order valence-corrected chi connectivity index (χ4v) is 2.49. The van der Waals surface area contributed by atoms with Crippen LogP contribution in [0.3, 0.4) is 0 Å². The first-order valence-corrected chi connectivity index (χ1v) is 7.48. The van der Waals surface area contributed by atoms with Gasteiger partial charge >= 0.3 is 5.69 Å². The van der Waals surface area contributed by atoms with Gasteiger partial charge < -0.3 is 26.6 Å². The van der Waals surface area contributed by atoms with Crippen molar-refractivity contribution in [2.24, 2.45) is 14.1 Å². The molecule has 6 nitrogen and oxygen atoms in total. The van der Waals surface area contributed by atoms with E-state index in [2.05, 4.69) is 0 Å². The van der Waals surface area contributed by atoms with E-state index in [1.54, 1.807) is 50.6 Å². The standard InChI is InChI=1S/C18H23N2O4.ClH/c1-12-11-13(20(3)18(21)19(12)2)7-8-14-15(22-4)9-10-16(23-5)17(14)24-6;/h7-11H,1-6H3;1H/q+1;/p-1/b8-7+;. The normalized spacial score (nSPS) is 10.5. The number of halogens is 1. The Labute approximate surface area is 153 Å². The van der Waals surface area contributed by atoms with Crippen molar-refractivity contribution >= 4 is 12.2 Å². The molecule has 2 rings (SSSR count). The molecule has 0 N–H and O–H groups in total. The van der Waals surface area contributed by atoms with Gasteiger partial charge in [0, 0.05) is 6.07 Å². The minimum absolute atomic E-state index is 0. The SMILES string of the molecule is COc1ccc(OC)c(OC)c1/C=C/c1cc(C)n(C)c(=O)[n+]1C.[Cl-]. The Bertz CT molecular complexity index is 844. The summed E-state index contributed by atoms with van der Waals surface area (Å²) in [6.07, 6.45) is 3.71. The molecule has 0 atom stereocenters. The lowest BCUT2D eigenvalue weighted by molar-refractivity contribution is -0.692. The van der Waals surface area contributed by atoms with Gasteiger partial charge in [0.1, 0.15) is 17.1 Å². The minimum atomic E-state index is -0.0841. The number of ether oxygens (including phenoxy) is 3. The summed E-state index contributed by atoms with van der Waals surface area (Å²) in [4.78, 5) is 12.2. The van der Waals surface area contributed by atoms with Crippen molar-refractivity contribution < 1.29 is 31.2 Å². The summed E-state index contributed by atoms with van der Waals surface area (Å²) < 4.78 is 19.4. The molecule has 0 amide bonds. The van der Waals surface area contributed by atoms with E-state index in [0.29, 0.717) is 17.2 Å². The molecule has 0 saturated carbocycles. The van der Waals surface area contributed by atoms with Crippen LogP contribution in [0.1, 0.15) is 17.0 Å². The molecule has 1 aromatic heterocycles. The van der Waals surface area contributed by atoms with Gasteiger partial charge in [-0.1, -0.05) is 0 Å². The van der Waals surface area contributed by atoms with Gasteiger partial charge in [0.25, 0.3) is 0 Å². The number of aryl methyl sites for hydroxylation is 1. The highest BCUT2D eigenvalue weighted by Crippen LogP contribution is 2.38. The lowest BCUT2D eigenvalue weighted by atomic mass is 10.1. The summed E-state index contributed by atoms with van der Waals surface area (Å²) in [7, 11) is 8.25. The van der Waals surface area contributed by atoms with Crippen molar-refractivity contribution in [1.29, 1.82) is 0 Å². The Morgan fingerprint density at radius 1 is 1.04 bits per heavy atom. The van der Waals surface area contributed by atoms with E-state index in [-0.39, 0.29) is 18.1 Å². The van der Waals surface area contributed by atoms with E-state index in [1.165, 1.54) is 0 Å². The molecule has 0 fully saturated rings. The Balaban J connectivity index is 0.00000312. The molecule has 0 aliphatic rings. The van der Waals surface area contributed by atoms with Crippen molar-refractivity contribution in [2.45, 2.75) is 6.92 Å². The Morgan fingerprint density at radius 3 is 2.20 bits per heavy atom. The van der Waals surface area contributed by atoms with Crippen LogP contribution >= 0.6 is 0 Å². The summed E-state index contributed by atoms with van der Waals surface area (Å²) >= 11 is 0. The van der Waals surface area contributed by atoms with E-state index < -0.39 is 0 Å². The van der Waals surface area contributed by atoms with Crippen LogP contribution in [0.2, 0.25) is 0 Å². The highest BCUT2D eigenvalue weighted by molar-refractivity contribution is 5.76. The first-order chi connectivity index (χ1) is 11.4. The van der Waals surface area contributed by atoms with E-state index in [1.807, 2.05) is 31.2 Å². The van der Waals surface area contributed by atoms with Crippen LogP contribution in [0.4, 0.5) is 0 Å². The van der Waals surface area contributed by atoms with Gasteiger partial charge in [0.2, 0.25) is 0 Å². The molecular formula is C18H23ClN2O4. The maximum atomic E-state index is 12.2. The zero-order chi connectivity index (χ0) is 17.9. The summed E-state index contributed by atoms with van der Waals surface area (Å²) in [5.41, 5.74) is 2.32. The molecule has 136 valence electrons. The van der Waals surface area contributed by atoms with Crippen molar-refractivity contribution in [3.8, 4) is 17.2 Å². The van der Waals surface area contributed by atoms with Gasteiger partial charge in [-0.05, 0) is 31.2 Å². The van der Waals surface area contributed by atoms with Gasteiger partial charge in [-0.3, -0.25) is 0 Å². The second-order valence-electron chi connectivity index (χ2n) is 5.36. The molecule has 1 aromatic carbocycles. The fraction of sp³-hybridized carbons (Fsp3) is 0.333. The van der Waals surface area contributed by atoms with Crippen LogP contribution in [-0.2, 0) is 14.1 Å². The number of nitrogens with zero attached hydrogens (tertiary/aromatic N) is 2. The number of rotatable bonds is 5. The molecule has 0 radical (unpaired) electrons. The Kier molecular flexibility index (Phi) is 7.06. The fourth-order valence-electron chi connectivity index (χ4n) is 2.49. The van der Waals surface area contributed by atoms with Crippen LogP contribution < -0.4 is 36.9 Å². The van der Waals surface area contributed by atoms with Crippen molar-refractivity contribution in [1.82, 2.24) is 4.57 Å². The zero-order valence-corrected chi connectivity index (χ0v) is 16.0. The first kappa shape index (κ1) is 20.6. The van der Waals surface area contributed by atoms with Gasteiger partial charge in [-0.15, -0.1) is 0 Å². The van der Waals surface area contributed by atoms with Crippen LogP contribution in [0.25, 0.3) is 12.2 Å². The van der Waals surface area contributed by atoms with Gasteiger partial charge in [0.15, 0.2) is 11.5 Å². The maximum Gasteiger partial charge on any atom is 0.498 e. The topological polar surface area (TPSA) is 53.6 Å². The highest BCUT2D eigenvalue weighted by Gasteiger charge is 2.15. The third-order valence-electron chi connectivity index (χ3n) is 4.03. The minimum Gasteiger partial charge on any atom is -1.00 e. The number of hydrogen-bond donors (Lipinski definition) is 0. The third kappa shape index (κ3) is 3.96. The van der Waals surface area contributed by atoms with Gasteiger partial charge in [-0.25, -0.2) is 0 Å². The number of hydrogen-bond acceptors (Lipinski definition) is 4. The van der Waals surface area contributed by atoms with Crippen LogP contribution in [0.15, 0.2) is 23.0 Å². The molecule has 7 heteroatoms. The lowest BCUT2D eigenvalue weighted by Gasteiger charge is -2.13. The second kappa shape index (κ2) is 8.58. The Hall–Kier alpha value is -2.47. The third-order valence-corrected chi connectivity index (χ3v) is 4.03. The summed E-state index contributed by atoms with van der Waals surface area (Å²) in [5.74, 6) is 1.85. The number of methoxy groups -OCH3 is 3. The van der Waals surface area contributed by atoms with Crippen LogP contribution in [-0.4, -0.2) is 25.9 Å². The van der Waals surface area contributed by atoms with E-state index in [9.17, 15) is 4.79 Å². The summed E-state index contributed by atoms with van der Waals surface area (Å²) in [5, 5.41) is 0. The maximum absolute atomic E-state index is 12.2. The van der Waals surface area contributed by atoms with Gasteiger partial charge in [-0.2, -0.15) is 13.9 Å². The number of benzene rings is 1. The van der Waals surface area contributed by atoms with Crippen LogP contribution in [0, 0.1) is 6.92 Å². The van der Waals surface area contributed by atoms with Crippen molar-refractivity contribution in [3.63, 3.8) is 0 Å². The summed E-state index contributed by atoms with van der Waals surface area (Å²) in [6, 6.07) is 5.55. The molecule has 0 saturated heterocycles. The average Bonchev–Trinajstić information content (AvgIpc) is 2.60. The van der Waals surface area contributed by atoms with Crippen LogP contribution in [0.5, 0.6) is 17.2 Å². The van der Waals surface area contributed by atoms with E-state index in [0.717, 1.165) is 17.0 Å². The number of aromatic nitrogens is 2. The molecule has 0 bridgehead atoms. The molecular weight excluding hydrogens is 344 g/mol. The van der Waals surface area contributed by atoms with Crippen molar-refractivity contribution in [3.05, 3.63) is 45.6 Å². The van der Waals surface area contributed by atoms with E-state index >= 15 is 0 Å². The smallest absolute Gasteiger partial charge is 0.498 e. The second-order valence-corrected chi connectivity index (χ2v) is 5.36. The summed E-state index contributed by atoms with van der Waals surface area (Å²) in [6.45, 7) is 1.89. The molecule has 0 spiro atoms. The predicted molar refractivity (Wildman–Crippen MR) is 92.6 cm³/mol.